The number of carbonyl (C=O) groups excluding carboxylic acids is 1. The van der Waals surface area contributed by atoms with Crippen LogP contribution in [0.4, 0.5) is 0 Å². The molecule has 1 amide bonds. The molecule has 23 heavy (non-hydrogen) atoms. The lowest BCUT2D eigenvalue weighted by Gasteiger charge is -2.49. The molecule has 3 atom stereocenters. The largest absolute Gasteiger partial charge is 0.388 e. The van der Waals surface area contributed by atoms with E-state index in [1.807, 2.05) is 25.1 Å². The highest BCUT2D eigenvalue weighted by molar-refractivity contribution is 5.73. The van der Waals surface area contributed by atoms with Crippen molar-refractivity contribution in [2.24, 2.45) is 5.92 Å². The molecule has 1 aliphatic heterocycles. The minimum Gasteiger partial charge on any atom is -0.388 e. The first kappa shape index (κ1) is 18.0. The van der Waals surface area contributed by atoms with Gasteiger partial charge < -0.3 is 10.4 Å². The molecule has 1 fully saturated rings. The Morgan fingerprint density at radius 1 is 1.39 bits per heavy atom. The SMILES string of the molecule is CC(=O)NC1C(c2ccccc2)N(CCC(C)C)CCC1(C)O. The molecule has 1 aromatic carbocycles. The summed E-state index contributed by atoms with van der Waals surface area (Å²) < 4.78 is 0. The summed E-state index contributed by atoms with van der Waals surface area (Å²) in [6.45, 7) is 9.62. The number of benzene rings is 1. The van der Waals surface area contributed by atoms with Crippen LogP contribution in [0.2, 0.25) is 0 Å². The molecule has 2 N–H and O–H groups in total. The van der Waals surface area contributed by atoms with Crippen LogP contribution in [0.5, 0.6) is 0 Å². The van der Waals surface area contributed by atoms with Gasteiger partial charge in [-0.1, -0.05) is 44.2 Å². The van der Waals surface area contributed by atoms with Crippen molar-refractivity contribution in [1.82, 2.24) is 10.2 Å². The zero-order valence-corrected chi connectivity index (χ0v) is 14.7. The quantitative estimate of drug-likeness (QED) is 0.878. The average molecular weight is 318 g/mol. The Kier molecular flexibility index (Phi) is 5.82. The predicted molar refractivity (Wildman–Crippen MR) is 93.1 cm³/mol. The summed E-state index contributed by atoms with van der Waals surface area (Å²) in [6, 6.07) is 9.91. The summed E-state index contributed by atoms with van der Waals surface area (Å²) in [4.78, 5) is 14.1. The van der Waals surface area contributed by atoms with E-state index in [2.05, 4.69) is 36.2 Å². The lowest BCUT2D eigenvalue weighted by atomic mass is 9.79. The number of hydrogen-bond donors (Lipinski definition) is 2. The van der Waals surface area contributed by atoms with E-state index in [-0.39, 0.29) is 18.0 Å². The molecule has 2 rings (SSSR count). The standard InChI is InChI=1S/C19H30N2O2/c1-14(2)10-12-21-13-11-19(4,23)18(20-15(3)22)17(21)16-8-6-5-7-9-16/h5-9,14,17-18,23H,10-13H2,1-4H3,(H,20,22). The molecular weight excluding hydrogens is 288 g/mol. The molecule has 0 spiro atoms. The van der Waals surface area contributed by atoms with Crippen LogP contribution >= 0.6 is 0 Å². The first-order valence-corrected chi connectivity index (χ1v) is 8.59. The molecule has 1 aliphatic rings. The van der Waals surface area contributed by atoms with Gasteiger partial charge in [-0.3, -0.25) is 9.69 Å². The summed E-state index contributed by atoms with van der Waals surface area (Å²) in [5.41, 5.74) is 0.246. The topological polar surface area (TPSA) is 52.6 Å². The predicted octanol–water partition coefficient (Wildman–Crippen LogP) is 2.74. The number of piperidine rings is 1. The summed E-state index contributed by atoms with van der Waals surface area (Å²) in [5.74, 6) is 0.537. The molecule has 1 saturated heterocycles. The number of likely N-dealkylation sites (tertiary alicyclic amines) is 1. The van der Waals surface area contributed by atoms with Crippen molar-refractivity contribution in [3.05, 3.63) is 35.9 Å². The molecule has 4 nitrogen and oxygen atoms in total. The normalized spacial score (nSPS) is 28.8. The van der Waals surface area contributed by atoms with Gasteiger partial charge in [0, 0.05) is 13.5 Å². The lowest BCUT2D eigenvalue weighted by molar-refractivity contribution is -0.126. The molecular formula is C19H30N2O2. The first-order chi connectivity index (χ1) is 10.8. The van der Waals surface area contributed by atoms with Gasteiger partial charge in [-0.25, -0.2) is 0 Å². The highest BCUT2D eigenvalue weighted by atomic mass is 16.3. The molecule has 0 aromatic heterocycles. The van der Waals surface area contributed by atoms with Crippen molar-refractivity contribution < 1.29 is 9.90 Å². The van der Waals surface area contributed by atoms with Gasteiger partial charge in [0.15, 0.2) is 0 Å². The number of carbonyl (C=O) groups is 1. The van der Waals surface area contributed by atoms with Crippen LogP contribution in [0.1, 0.15) is 52.1 Å². The Hall–Kier alpha value is -1.39. The fraction of sp³-hybridized carbons (Fsp3) is 0.632. The second kappa shape index (κ2) is 7.45. The van der Waals surface area contributed by atoms with E-state index in [1.165, 1.54) is 6.92 Å². The van der Waals surface area contributed by atoms with Crippen LogP contribution in [0.3, 0.4) is 0 Å². The zero-order chi connectivity index (χ0) is 17.0. The van der Waals surface area contributed by atoms with Crippen LogP contribution in [0.15, 0.2) is 30.3 Å². The number of nitrogens with zero attached hydrogens (tertiary/aromatic N) is 1. The van der Waals surface area contributed by atoms with Gasteiger partial charge in [-0.15, -0.1) is 0 Å². The first-order valence-electron chi connectivity index (χ1n) is 8.59. The van der Waals surface area contributed by atoms with E-state index in [4.69, 9.17) is 0 Å². The maximum Gasteiger partial charge on any atom is 0.217 e. The van der Waals surface area contributed by atoms with Crippen LogP contribution < -0.4 is 5.32 Å². The third kappa shape index (κ3) is 4.55. The molecule has 1 aromatic rings. The van der Waals surface area contributed by atoms with Crippen molar-refractivity contribution in [1.29, 1.82) is 0 Å². The fourth-order valence-corrected chi connectivity index (χ4v) is 3.40. The minimum atomic E-state index is -0.902. The van der Waals surface area contributed by atoms with Gasteiger partial charge in [-0.05, 0) is 37.8 Å². The molecule has 128 valence electrons. The third-order valence-electron chi connectivity index (χ3n) is 4.78. The molecule has 3 unspecified atom stereocenters. The Bertz CT molecular complexity index is 511. The number of nitrogens with one attached hydrogen (secondary N) is 1. The highest BCUT2D eigenvalue weighted by Gasteiger charge is 2.45. The average Bonchev–Trinajstić information content (AvgIpc) is 2.48. The molecule has 4 heteroatoms. The third-order valence-corrected chi connectivity index (χ3v) is 4.78. The summed E-state index contributed by atoms with van der Waals surface area (Å²) >= 11 is 0. The van der Waals surface area contributed by atoms with Crippen molar-refractivity contribution in [3.63, 3.8) is 0 Å². The molecule has 0 saturated carbocycles. The van der Waals surface area contributed by atoms with Gasteiger partial charge >= 0.3 is 0 Å². The van der Waals surface area contributed by atoms with Crippen LogP contribution in [-0.4, -0.2) is 40.6 Å². The Morgan fingerprint density at radius 3 is 2.61 bits per heavy atom. The smallest absolute Gasteiger partial charge is 0.217 e. The number of rotatable bonds is 5. The summed E-state index contributed by atoms with van der Waals surface area (Å²) in [7, 11) is 0. The monoisotopic (exact) mass is 318 g/mol. The lowest BCUT2D eigenvalue weighted by Crippen LogP contribution is -2.62. The van der Waals surface area contributed by atoms with E-state index < -0.39 is 5.60 Å². The van der Waals surface area contributed by atoms with Crippen molar-refractivity contribution in [2.45, 2.75) is 58.2 Å². The van der Waals surface area contributed by atoms with Crippen LogP contribution in [0.25, 0.3) is 0 Å². The zero-order valence-electron chi connectivity index (χ0n) is 14.7. The maximum absolute atomic E-state index is 11.7. The molecule has 0 aliphatic carbocycles. The second-order valence-corrected chi connectivity index (χ2v) is 7.36. The van der Waals surface area contributed by atoms with Gasteiger partial charge in [0.2, 0.25) is 5.91 Å². The Morgan fingerprint density at radius 2 is 2.04 bits per heavy atom. The van der Waals surface area contributed by atoms with Crippen LogP contribution in [-0.2, 0) is 4.79 Å². The fourth-order valence-electron chi connectivity index (χ4n) is 3.40. The van der Waals surface area contributed by atoms with E-state index in [9.17, 15) is 9.90 Å². The summed E-state index contributed by atoms with van der Waals surface area (Å²) in [5, 5.41) is 13.9. The van der Waals surface area contributed by atoms with Crippen LogP contribution in [0, 0.1) is 5.92 Å². The molecule has 1 heterocycles. The number of aliphatic hydroxyl groups is 1. The molecule has 0 radical (unpaired) electrons. The highest BCUT2D eigenvalue weighted by Crippen LogP contribution is 2.37. The van der Waals surface area contributed by atoms with E-state index in [0.29, 0.717) is 12.3 Å². The van der Waals surface area contributed by atoms with Crippen molar-refractivity contribution >= 4 is 5.91 Å². The van der Waals surface area contributed by atoms with Crippen molar-refractivity contribution in [3.8, 4) is 0 Å². The van der Waals surface area contributed by atoms with Gasteiger partial charge in [0.05, 0.1) is 17.7 Å². The van der Waals surface area contributed by atoms with E-state index >= 15 is 0 Å². The summed E-state index contributed by atoms with van der Waals surface area (Å²) in [6.07, 6.45) is 1.78. The number of hydrogen-bond acceptors (Lipinski definition) is 3. The second-order valence-electron chi connectivity index (χ2n) is 7.36. The van der Waals surface area contributed by atoms with Gasteiger partial charge in [0.1, 0.15) is 0 Å². The van der Waals surface area contributed by atoms with Gasteiger partial charge in [0.25, 0.3) is 0 Å². The minimum absolute atomic E-state index is 0.00241. The Labute approximate surface area is 139 Å². The maximum atomic E-state index is 11.7. The van der Waals surface area contributed by atoms with E-state index in [0.717, 1.165) is 25.1 Å². The van der Waals surface area contributed by atoms with Gasteiger partial charge in [-0.2, -0.15) is 0 Å². The van der Waals surface area contributed by atoms with Crippen molar-refractivity contribution in [2.75, 3.05) is 13.1 Å². The molecule has 0 bridgehead atoms. The van der Waals surface area contributed by atoms with E-state index in [1.54, 1.807) is 0 Å². The Balaban J connectivity index is 2.34. The number of amides is 1.